The molecule has 7 nitrogen and oxygen atoms in total. The number of amides is 1. The molecule has 1 amide bonds. The SMILES string of the molecule is CC(CNC(=O)c1cc(-n2cccn2)ccn1)Cn1ccnc1. The molecule has 0 aliphatic rings. The molecule has 0 bridgehead atoms. The molecule has 3 rings (SSSR count). The van der Waals surface area contributed by atoms with E-state index in [4.69, 9.17) is 0 Å². The van der Waals surface area contributed by atoms with Gasteiger partial charge in [-0.25, -0.2) is 9.67 Å². The van der Waals surface area contributed by atoms with Gasteiger partial charge < -0.3 is 9.88 Å². The van der Waals surface area contributed by atoms with E-state index in [0.717, 1.165) is 12.2 Å². The Kier molecular flexibility index (Phi) is 4.46. The van der Waals surface area contributed by atoms with E-state index in [9.17, 15) is 4.79 Å². The Morgan fingerprint density at radius 1 is 1.30 bits per heavy atom. The second-order valence-corrected chi connectivity index (χ2v) is 5.42. The number of nitrogens with zero attached hydrogens (tertiary/aromatic N) is 5. The van der Waals surface area contributed by atoms with Gasteiger partial charge in [0.2, 0.25) is 0 Å². The van der Waals surface area contributed by atoms with Crippen LogP contribution in [-0.4, -0.2) is 36.8 Å². The monoisotopic (exact) mass is 310 g/mol. The van der Waals surface area contributed by atoms with Crippen molar-refractivity contribution in [3.05, 3.63) is 61.2 Å². The smallest absolute Gasteiger partial charge is 0.269 e. The van der Waals surface area contributed by atoms with Crippen molar-refractivity contribution in [2.24, 2.45) is 5.92 Å². The molecule has 3 heterocycles. The average molecular weight is 310 g/mol. The molecule has 0 aliphatic carbocycles. The maximum absolute atomic E-state index is 12.3. The van der Waals surface area contributed by atoms with Crippen molar-refractivity contribution in [1.82, 2.24) is 29.6 Å². The number of pyridine rings is 1. The summed E-state index contributed by atoms with van der Waals surface area (Å²) in [5, 5.41) is 7.07. The first-order valence-electron chi connectivity index (χ1n) is 7.42. The Balaban J connectivity index is 1.59. The molecule has 0 spiro atoms. The van der Waals surface area contributed by atoms with Gasteiger partial charge in [0, 0.05) is 44.1 Å². The standard InChI is InChI=1S/C16H18N6O/c1-13(11-21-8-6-17-12-21)10-19-16(23)15-9-14(3-5-18-15)22-7-2-4-20-22/h2-9,12-13H,10-11H2,1H3,(H,19,23). The topological polar surface area (TPSA) is 77.6 Å². The van der Waals surface area contributed by atoms with Gasteiger partial charge in [-0.05, 0) is 24.1 Å². The van der Waals surface area contributed by atoms with Gasteiger partial charge in [0.1, 0.15) is 5.69 Å². The summed E-state index contributed by atoms with van der Waals surface area (Å²) in [5.41, 5.74) is 1.19. The summed E-state index contributed by atoms with van der Waals surface area (Å²) >= 11 is 0. The van der Waals surface area contributed by atoms with Crippen molar-refractivity contribution < 1.29 is 4.79 Å². The number of hydrogen-bond acceptors (Lipinski definition) is 4. The van der Waals surface area contributed by atoms with E-state index in [-0.39, 0.29) is 5.91 Å². The first kappa shape index (κ1) is 15.0. The number of nitrogens with one attached hydrogen (secondary N) is 1. The van der Waals surface area contributed by atoms with Crippen LogP contribution in [-0.2, 0) is 6.54 Å². The number of rotatable bonds is 6. The third-order valence-electron chi connectivity index (χ3n) is 3.44. The highest BCUT2D eigenvalue weighted by Gasteiger charge is 2.11. The van der Waals surface area contributed by atoms with E-state index >= 15 is 0 Å². The van der Waals surface area contributed by atoms with Crippen LogP contribution in [0, 0.1) is 5.92 Å². The van der Waals surface area contributed by atoms with Gasteiger partial charge >= 0.3 is 0 Å². The lowest BCUT2D eigenvalue weighted by molar-refractivity contribution is 0.0942. The van der Waals surface area contributed by atoms with Crippen LogP contribution >= 0.6 is 0 Å². The highest BCUT2D eigenvalue weighted by atomic mass is 16.1. The highest BCUT2D eigenvalue weighted by Crippen LogP contribution is 2.07. The zero-order chi connectivity index (χ0) is 16.1. The van der Waals surface area contributed by atoms with E-state index in [1.165, 1.54) is 0 Å². The average Bonchev–Trinajstić information content (AvgIpc) is 3.26. The minimum Gasteiger partial charge on any atom is -0.350 e. The minimum absolute atomic E-state index is 0.184. The lowest BCUT2D eigenvalue weighted by Crippen LogP contribution is -2.30. The maximum atomic E-state index is 12.3. The molecule has 1 atom stereocenters. The summed E-state index contributed by atoms with van der Waals surface area (Å²) in [6, 6.07) is 5.37. The van der Waals surface area contributed by atoms with Gasteiger partial charge in [0.05, 0.1) is 12.0 Å². The molecule has 23 heavy (non-hydrogen) atoms. The molecule has 0 aromatic carbocycles. The summed E-state index contributed by atoms with van der Waals surface area (Å²) in [4.78, 5) is 20.4. The van der Waals surface area contributed by atoms with E-state index < -0.39 is 0 Å². The molecule has 0 aliphatic heterocycles. The second kappa shape index (κ2) is 6.87. The number of imidazole rings is 1. The third-order valence-corrected chi connectivity index (χ3v) is 3.44. The molecular weight excluding hydrogens is 292 g/mol. The molecule has 0 radical (unpaired) electrons. The van der Waals surface area contributed by atoms with E-state index in [2.05, 4.69) is 27.3 Å². The molecular formula is C16H18N6O. The van der Waals surface area contributed by atoms with Crippen LogP contribution in [0.3, 0.4) is 0 Å². The fourth-order valence-corrected chi connectivity index (χ4v) is 2.28. The Bertz CT molecular complexity index is 751. The Morgan fingerprint density at radius 3 is 2.96 bits per heavy atom. The lowest BCUT2D eigenvalue weighted by Gasteiger charge is -2.13. The summed E-state index contributed by atoms with van der Waals surface area (Å²) in [5.74, 6) is 0.110. The van der Waals surface area contributed by atoms with Gasteiger partial charge in [0.25, 0.3) is 5.91 Å². The molecule has 3 aromatic rings. The van der Waals surface area contributed by atoms with Gasteiger partial charge in [0.15, 0.2) is 0 Å². The first-order chi connectivity index (χ1) is 11.2. The predicted molar refractivity (Wildman–Crippen MR) is 85.1 cm³/mol. The first-order valence-corrected chi connectivity index (χ1v) is 7.42. The van der Waals surface area contributed by atoms with Gasteiger partial charge in [-0.3, -0.25) is 9.78 Å². The fourth-order valence-electron chi connectivity index (χ4n) is 2.28. The van der Waals surface area contributed by atoms with Crippen molar-refractivity contribution in [2.45, 2.75) is 13.5 Å². The number of hydrogen-bond donors (Lipinski definition) is 1. The van der Waals surface area contributed by atoms with Crippen LogP contribution in [0.1, 0.15) is 17.4 Å². The lowest BCUT2D eigenvalue weighted by atomic mass is 10.2. The molecule has 0 saturated heterocycles. The molecule has 0 saturated carbocycles. The zero-order valence-corrected chi connectivity index (χ0v) is 12.8. The van der Waals surface area contributed by atoms with Crippen molar-refractivity contribution in [3.63, 3.8) is 0 Å². The molecule has 118 valence electrons. The van der Waals surface area contributed by atoms with Crippen LogP contribution < -0.4 is 5.32 Å². The molecule has 7 heteroatoms. The van der Waals surface area contributed by atoms with Crippen LogP contribution in [0.2, 0.25) is 0 Å². The van der Waals surface area contributed by atoms with Crippen LogP contribution in [0.25, 0.3) is 5.69 Å². The van der Waals surface area contributed by atoms with Gasteiger partial charge in [-0.1, -0.05) is 6.92 Å². The van der Waals surface area contributed by atoms with Crippen molar-refractivity contribution in [2.75, 3.05) is 6.54 Å². The summed E-state index contributed by atoms with van der Waals surface area (Å²) < 4.78 is 3.69. The molecule has 3 aromatic heterocycles. The van der Waals surface area contributed by atoms with E-state index in [1.54, 1.807) is 35.7 Å². The summed E-state index contributed by atoms with van der Waals surface area (Å²) in [6.07, 6.45) is 10.6. The van der Waals surface area contributed by atoms with Crippen molar-refractivity contribution in [1.29, 1.82) is 0 Å². The minimum atomic E-state index is -0.184. The number of carbonyl (C=O) groups excluding carboxylic acids is 1. The maximum Gasteiger partial charge on any atom is 0.269 e. The Morgan fingerprint density at radius 2 is 2.22 bits per heavy atom. The largest absolute Gasteiger partial charge is 0.350 e. The van der Waals surface area contributed by atoms with Crippen LogP contribution in [0.4, 0.5) is 0 Å². The van der Waals surface area contributed by atoms with E-state index in [1.807, 2.05) is 29.1 Å². The van der Waals surface area contributed by atoms with Crippen molar-refractivity contribution in [3.8, 4) is 5.69 Å². The molecule has 1 unspecified atom stereocenters. The quantitative estimate of drug-likeness (QED) is 0.749. The normalized spacial score (nSPS) is 12.0. The number of aromatic nitrogens is 5. The van der Waals surface area contributed by atoms with Crippen LogP contribution in [0.5, 0.6) is 0 Å². The second-order valence-electron chi connectivity index (χ2n) is 5.42. The van der Waals surface area contributed by atoms with Gasteiger partial charge in [-0.2, -0.15) is 5.10 Å². The Labute approximate surface area is 134 Å². The number of carbonyl (C=O) groups is 1. The fraction of sp³-hybridized carbons (Fsp3) is 0.250. The summed E-state index contributed by atoms with van der Waals surface area (Å²) in [7, 11) is 0. The third kappa shape index (κ3) is 3.82. The predicted octanol–water partition coefficient (Wildman–Crippen LogP) is 1.53. The van der Waals surface area contributed by atoms with Gasteiger partial charge in [-0.15, -0.1) is 0 Å². The zero-order valence-electron chi connectivity index (χ0n) is 12.8. The highest BCUT2D eigenvalue weighted by molar-refractivity contribution is 5.92. The van der Waals surface area contributed by atoms with Crippen molar-refractivity contribution >= 4 is 5.91 Å². The van der Waals surface area contributed by atoms with Crippen LogP contribution in [0.15, 0.2) is 55.5 Å². The molecule has 1 N–H and O–H groups in total. The molecule has 0 fully saturated rings. The van der Waals surface area contributed by atoms with E-state index in [0.29, 0.717) is 18.2 Å². The Hall–Kier alpha value is -2.96. The summed E-state index contributed by atoms with van der Waals surface area (Å²) in [6.45, 7) is 3.46.